The smallest absolute Gasteiger partial charge is 0.421 e. The van der Waals surface area contributed by atoms with Crippen LogP contribution in [0.25, 0.3) is 0 Å². The highest BCUT2D eigenvalue weighted by Gasteiger charge is 2.42. The maximum absolute atomic E-state index is 12.8. The quantitative estimate of drug-likeness (QED) is 0.822. The monoisotopic (exact) mass is 329 g/mol. The molecule has 0 radical (unpaired) electrons. The van der Waals surface area contributed by atoms with Crippen LogP contribution in [0.3, 0.4) is 0 Å². The summed E-state index contributed by atoms with van der Waals surface area (Å²) in [6.07, 6.45) is -0.00377. The summed E-state index contributed by atoms with van der Waals surface area (Å²) in [5.74, 6) is -0.550. The van der Waals surface area contributed by atoms with E-state index in [0.29, 0.717) is 12.1 Å². The number of nitrogens with zero attached hydrogens (tertiary/aromatic N) is 1. The van der Waals surface area contributed by atoms with E-state index in [9.17, 15) is 9.59 Å². The fourth-order valence-corrected chi connectivity index (χ4v) is 3.47. The molecule has 120 valence electrons. The molecule has 1 aliphatic rings. The minimum Gasteiger partial charge on any atom is -0.443 e. The van der Waals surface area contributed by atoms with E-state index in [1.807, 2.05) is 35.7 Å². The van der Waals surface area contributed by atoms with Gasteiger partial charge in [-0.05, 0) is 50.3 Å². The van der Waals surface area contributed by atoms with Crippen LogP contribution in [0.4, 0.5) is 10.5 Å². The predicted molar refractivity (Wildman–Crippen MR) is 90.9 cm³/mol. The molecule has 1 unspecified atom stereocenters. The van der Waals surface area contributed by atoms with Crippen LogP contribution in [-0.2, 0) is 16.0 Å². The molecule has 1 aliphatic heterocycles. The van der Waals surface area contributed by atoms with Gasteiger partial charge in [-0.15, -0.1) is 11.3 Å². The van der Waals surface area contributed by atoms with Crippen molar-refractivity contribution in [1.82, 2.24) is 0 Å². The first-order chi connectivity index (χ1) is 10.9. The summed E-state index contributed by atoms with van der Waals surface area (Å²) in [7, 11) is 0. The molecule has 0 fully saturated rings. The van der Waals surface area contributed by atoms with Crippen molar-refractivity contribution in [2.24, 2.45) is 0 Å². The van der Waals surface area contributed by atoms with E-state index in [2.05, 4.69) is 0 Å². The van der Waals surface area contributed by atoms with Crippen molar-refractivity contribution < 1.29 is 14.3 Å². The number of amides is 2. The van der Waals surface area contributed by atoms with Crippen LogP contribution in [0.15, 0.2) is 41.8 Å². The van der Waals surface area contributed by atoms with Gasteiger partial charge in [0.2, 0.25) is 5.91 Å². The minimum atomic E-state index is -0.641. The SMILES string of the molecule is CC(C)(C)OC(=O)N1C(=O)C(Cc2cccs2)c2ccccc21. The number of imide groups is 1. The van der Waals surface area contributed by atoms with Gasteiger partial charge in [0.1, 0.15) is 5.60 Å². The lowest BCUT2D eigenvalue weighted by Gasteiger charge is -2.24. The van der Waals surface area contributed by atoms with Crippen LogP contribution in [0.5, 0.6) is 0 Å². The van der Waals surface area contributed by atoms with Crippen LogP contribution in [0.1, 0.15) is 37.1 Å². The van der Waals surface area contributed by atoms with E-state index in [1.54, 1.807) is 38.2 Å². The van der Waals surface area contributed by atoms with Gasteiger partial charge in [-0.1, -0.05) is 24.3 Å². The summed E-state index contributed by atoms with van der Waals surface area (Å²) in [5.41, 5.74) is 0.878. The zero-order valence-electron chi connectivity index (χ0n) is 13.4. The Labute approximate surface area is 139 Å². The Morgan fingerprint density at radius 1 is 1.22 bits per heavy atom. The standard InChI is InChI=1S/C18H19NO3S/c1-18(2,3)22-17(21)19-15-9-5-4-8-13(15)14(16(19)20)11-12-7-6-10-23-12/h4-10,14H,11H2,1-3H3. The molecule has 2 heterocycles. The number of benzene rings is 1. The van der Waals surface area contributed by atoms with Crippen molar-refractivity contribution in [1.29, 1.82) is 0 Å². The Kier molecular flexibility index (Phi) is 3.98. The van der Waals surface area contributed by atoms with Crippen molar-refractivity contribution in [2.45, 2.75) is 38.7 Å². The van der Waals surface area contributed by atoms with Crippen molar-refractivity contribution in [3.8, 4) is 0 Å². The third-order valence-electron chi connectivity index (χ3n) is 3.63. The summed E-state index contributed by atoms with van der Waals surface area (Å²) in [4.78, 5) is 27.6. The first-order valence-corrected chi connectivity index (χ1v) is 8.43. The number of carbonyl (C=O) groups is 2. The molecule has 1 aromatic carbocycles. The molecule has 5 heteroatoms. The summed E-state index contributed by atoms with van der Waals surface area (Å²) in [5, 5.41) is 1.99. The molecule has 23 heavy (non-hydrogen) atoms. The molecule has 3 rings (SSSR count). The number of hydrogen-bond acceptors (Lipinski definition) is 4. The summed E-state index contributed by atoms with van der Waals surface area (Å²) in [6, 6.07) is 11.4. The van der Waals surface area contributed by atoms with Crippen molar-refractivity contribution in [2.75, 3.05) is 4.90 Å². The lowest BCUT2D eigenvalue weighted by Crippen LogP contribution is -2.39. The molecular weight excluding hydrogens is 310 g/mol. The highest BCUT2D eigenvalue weighted by atomic mass is 32.1. The normalized spacial score (nSPS) is 17.3. The second kappa shape index (κ2) is 5.81. The number of thiophene rings is 1. The first-order valence-electron chi connectivity index (χ1n) is 7.55. The highest BCUT2D eigenvalue weighted by Crippen LogP contribution is 2.40. The highest BCUT2D eigenvalue weighted by molar-refractivity contribution is 7.09. The summed E-state index contributed by atoms with van der Waals surface area (Å²) >= 11 is 1.62. The fraction of sp³-hybridized carbons (Fsp3) is 0.333. The Bertz CT molecular complexity index is 731. The number of rotatable bonds is 2. The molecule has 4 nitrogen and oxygen atoms in total. The lowest BCUT2D eigenvalue weighted by molar-refractivity contribution is -0.119. The van der Waals surface area contributed by atoms with Gasteiger partial charge in [0.15, 0.2) is 0 Å². The average molecular weight is 329 g/mol. The molecule has 2 amide bonds. The minimum absolute atomic E-state index is 0.214. The van der Waals surface area contributed by atoms with E-state index < -0.39 is 11.7 Å². The molecular formula is C18H19NO3S. The van der Waals surface area contributed by atoms with E-state index >= 15 is 0 Å². The second-order valence-electron chi connectivity index (χ2n) is 6.55. The van der Waals surface area contributed by atoms with Crippen LogP contribution in [-0.4, -0.2) is 17.6 Å². The maximum atomic E-state index is 12.8. The summed E-state index contributed by atoms with van der Waals surface area (Å²) < 4.78 is 5.40. The molecule has 0 aliphatic carbocycles. The average Bonchev–Trinajstić information content (AvgIpc) is 3.05. The number of ether oxygens (including phenoxy) is 1. The third-order valence-corrected chi connectivity index (χ3v) is 4.53. The van der Waals surface area contributed by atoms with Gasteiger partial charge in [-0.2, -0.15) is 0 Å². The Morgan fingerprint density at radius 3 is 2.61 bits per heavy atom. The van der Waals surface area contributed by atoms with E-state index in [0.717, 1.165) is 10.4 Å². The molecule has 0 N–H and O–H groups in total. The molecule has 0 saturated heterocycles. The van der Waals surface area contributed by atoms with E-state index in [1.165, 1.54) is 4.90 Å². The van der Waals surface area contributed by atoms with Gasteiger partial charge in [0, 0.05) is 4.88 Å². The van der Waals surface area contributed by atoms with E-state index in [-0.39, 0.29) is 11.8 Å². The number of anilines is 1. The lowest BCUT2D eigenvalue weighted by atomic mass is 9.97. The van der Waals surface area contributed by atoms with Crippen LogP contribution >= 0.6 is 11.3 Å². The van der Waals surface area contributed by atoms with E-state index in [4.69, 9.17) is 4.74 Å². The number of carbonyl (C=O) groups excluding carboxylic acids is 2. The van der Waals surface area contributed by atoms with Crippen molar-refractivity contribution >= 4 is 29.0 Å². The zero-order valence-corrected chi connectivity index (χ0v) is 14.2. The van der Waals surface area contributed by atoms with Gasteiger partial charge in [0.25, 0.3) is 0 Å². The maximum Gasteiger partial charge on any atom is 0.421 e. The molecule has 0 saturated carbocycles. The van der Waals surface area contributed by atoms with Gasteiger partial charge >= 0.3 is 6.09 Å². The largest absolute Gasteiger partial charge is 0.443 e. The van der Waals surface area contributed by atoms with Gasteiger partial charge in [0.05, 0.1) is 11.6 Å². The third kappa shape index (κ3) is 3.15. The van der Waals surface area contributed by atoms with Crippen molar-refractivity contribution in [3.05, 3.63) is 52.2 Å². The number of fused-ring (bicyclic) bond motifs is 1. The predicted octanol–water partition coefficient (Wildman–Crippen LogP) is 4.36. The number of hydrogen-bond donors (Lipinski definition) is 0. The van der Waals surface area contributed by atoms with Crippen LogP contribution in [0.2, 0.25) is 0 Å². The van der Waals surface area contributed by atoms with Gasteiger partial charge < -0.3 is 4.74 Å². The first kappa shape index (κ1) is 15.7. The Balaban J connectivity index is 1.93. The molecule has 1 aromatic heterocycles. The van der Waals surface area contributed by atoms with Crippen LogP contribution < -0.4 is 4.90 Å². The molecule has 0 spiro atoms. The molecule has 0 bridgehead atoms. The Hall–Kier alpha value is -2.14. The summed E-state index contributed by atoms with van der Waals surface area (Å²) in [6.45, 7) is 5.38. The number of para-hydroxylation sites is 1. The molecule has 1 atom stereocenters. The van der Waals surface area contributed by atoms with Crippen LogP contribution in [0, 0.1) is 0 Å². The van der Waals surface area contributed by atoms with Gasteiger partial charge in [-0.3, -0.25) is 4.79 Å². The topological polar surface area (TPSA) is 46.6 Å². The fourth-order valence-electron chi connectivity index (χ4n) is 2.72. The van der Waals surface area contributed by atoms with Gasteiger partial charge in [-0.25, -0.2) is 9.69 Å². The molecule has 2 aromatic rings. The Morgan fingerprint density at radius 2 is 1.96 bits per heavy atom. The van der Waals surface area contributed by atoms with Crippen molar-refractivity contribution in [3.63, 3.8) is 0 Å². The second-order valence-corrected chi connectivity index (χ2v) is 7.58. The zero-order chi connectivity index (χ0) is 16.6.